The number of thiophene rings is 1. The molecular weight excluding hydrogens is 390 g/mol. The van der Waals surface area contributed by atoms with Gasteiger partial charge in [0.2, 0.25) is 23.8 Å². The van der Waals surface area contributed by atoms with E-state index < -0.39 is 0 Å². The Morgan fingerprint density at radius 3 is 1.79 bits per heavy atom. The van der Waals surface area contributed by atoms with E-state index in [1.807, 2.05) is 36.4 Å². The van der Waals surface area contributed by atoms with Crippen molar-refractivity contribution in [2.45, 2.75) is 0 Å². The molecule has 12 heteroatoms. The zero-order valence-electron chi connectivity index (χ0n) is 14.9. The van der Waals surface area contributed by atoms with E-state index in [1.165, 1.54) is 11.3 Å². The fourth-order valence-electron chi connectivity index (χ4n) is 2.43. The summed E-state index contributed by atoms with van der Waals surface area (Å²) in [6, 6.07) is 11.2. The van der Waals surface area contributed by atoms with Gasteiger partial charge in [-0.15, -0.1) is 11.3 Å². The summed E-state index contributed by atoms with van der Waals surface area (Å²) in [5.41, 5.74) is 24.1. The van der Waals surface area contributed by atoms with Gasteiger partial charge >= 0.3 is 0 Å². The van der Waals surface area contributed by atoms with Crippen LogP contribution < -0.4 is 22.9 Å². The molecule has 0 spiro atoms. The number of nitrogens with zero attached hydrogens (tertiary/aromatic N) is 7. The molecule has 0 fully saturated rings. The van der Waals surface area contributed by atoms with Crippen molar-refractivity contribution in [1.29, 1.82) is 0 Å². The smallest absolute Gasteiger partial charge is 0.225 e. The van der Waals surface area contributed by atoms with E-state index >= 15 is 0 Å². The minimum Gasteiger partial charge on any atom is -0.368 e. The molecule has 0 aliphatic carbocycles. The fourth-order valence-corrected chi connectivity index (χ4v) is 3.22. The molecule has 0 radical (unpaired) electrons. The van der Waals surface area contributed by atoms with Gasteiger partial charge in [0, 0.05) is 11.8 Å². The predicted molar refractivity (Wildman–Crippen MR) is 113 cm³/mol. The third-order valence-electron chi connectivity index (χ3n) is 3.66. The Bertz CT molecular complexity index is 1160. The van der Waals surface area contributed by atoms with E-state index in [4.69, 9.17) is 22.9 Å². The molecule has 0 bridgehead atoms. The molecule has 0 atom stereocenters. The highest BCUT2D eigenvalue weighted by molar-refractivity contribution is 7.19. The Morgan fingerprint density at radius 1 is 0.655 bits per heavy atom. The second-order valence-electron chi connectivity index (χ2n) is 5.77. The van der Waals surface area contributed by atoms with Crippen molar-refractivity contribution in [3.8, 4) is 22.1 Å². The lowest BCUT2D eigenvalue weighted by Gasteiger charge is -2.02. The standard InChI is InChI=1S/C17H15N11S/c18-14-23-12(24-15(19)27-14)9-3-1-8(2-4-9)7-22-11-6-5-10(29-11)13-25-16(20)28-17(21)26-13/h1-7H,(H4,18,19,23,24,27)(H4,20,21,25,26,28)/b22-7+. The first-order chi connectivity index (χ1) is 14.0. The van der Waals surface area contributed by atoms with Crippen LogP contribution in [-0.4, -0.2) is 36.1 Å². The van der Waals surface area contributed by atoms with Gasteiger partial charge in [-0.05, 0) is 17.7 Å². The molecule has 1 aromatic carbocycles. The highest BCUT2D eigenvalue weighted by Gasteiger charge is 2.08. The van der Waals surface area contributed by atoms with Gasteiger partial charge in [-0.2, -0.15) is 29.9 Å². The average Bonchev–Trinajstić information content (AvgIpc) is 3.14. The molecule has 0 aliphatic heterocycles. The molecule has 3 aromatic heterocycles. The monoisotopic (exact) mass is 405 g/mol. The molecule has 11 nitrogen and oxygen atoms in total. The van der Waals surface area contributed by atoms with Crippen LogP contribution in [0.1, 0.15) is 5.56 Å². The number of hydrogen-bond donors (Lipinski definition) is 4. The number of anilines is 4. The molecule has 4 aromatic rings. The summed E-state index contributed by atoms with van der Waals surface area (Å²) in [6.45, 7) is 0. The van der Waals surface area contributed by atoms with Crippen LogP contribution in [0.4, 0.5) is 28.8 Å². The van der Waals surface area contributed by atoms with Crippen molar-refractivity contribution in [2.24, 2.45) is 4.99 Å². The van der Waals surface area contributed by atoms with Gasteiger partial charge in [-0.3, -0.25) is 0 Å². The first-order valence-electron chi connectivity index (χ1n) is 8.25. The molecule has 3 heterocycles. The summed E-state index contributed by atoms with van der Waals surface area (Å²) in [7, 11) is 0. The number of aliphatic imine (C=N–C) groups is 1. The maximum atomic E-state index is 5.62. The Kier molecular flexibility index (Phi) is 4.66. The van der Waals surface area contributed by atoms with E-state index in [9.17, 15) is 0 Å². The van der Waals surface area contributed by atoms with Gasteiger partial charge in [0.1, 0.15) is 5.00 Å². The Morgan fingerprint density at radius 2 is 1.21 bits per heavy atom. The van der Waals surface area contributed by atoms with Gasteiger partial charge < -0.3 is 22.9 Å². The lowest BCUT2D eigenvalue weighted by Crippen LogP contribution is -2.04. The molecule has 0 saturated carbocycles. The maximum absolute atomic E-state index is 5.62. The number of rotatable bonds is 4. The van der Waals surface area contributed by atoms with Crippen molar-refractivity contribution in [2.75, 3.05) is 22.9 Å². The van der Waals surface area contributed by atoms with Crippen LogP contribution in [0.15, 0.2) is 41.4 Å². The van der Waals surface area contributed by atoms with Crippen LogP contribution in [0.3, 0.4) is 0 Å². The number of aromatic nitrogens is 6. The molecule has 0 amide bonds. The molecular formula is C17H15N11S. The zero-order valence-corrected chi connectivity index (χ0v) is 15.7. The third-order valence-corrected chi connectivity index (χ3v) is 4.65. The summed E-state index contributed by atoms with van der Waals surface area (Å²) < 4.78 is 0. The SMILES string of the molecule is Nc1nc(N)nc(-c2ccc(/C=N/c3ccc(-c4nc(N)nc(N)n4)s3)cc2)n1. The molecule has 0 saturated heterocycles. The number of benzene rings is 1. The van der Waals surface area contributed by atoms with Crippen LogP contribution in [0.25, 0.3) is 22.1 Å². The van der Waals surface area contributed by atoms with Crippen molar-refractivity contribution in [3.05, 3.63) is 42.0 Å². The molecule has 29 heavy (non-hydrogen) atoms. The van der Waals surface area contributed by atoms with Crippen molar-refractivity contribution >= 4 is 46.3 Å². The average molecular weight is 405 g/mol. The number of nitrogens with two attached hydrogens (primary N) is 4. The fraction of sp³-hybridized carbons (Fsp3) is 0. The first-order valence-corrected chi connectivity index (χ1v) is 9.07. The van der Waals surface area contributed by atoms with Crippen molar-refractivity contribution < 1.29 is 0 Å². The predicted octanol–water partition coefficient (Wildman–Crippen LogP) is 1.53. The normalized spacial score (nSPS) is 11.2. The lowest BCUT2D eigenvalue weighted by molar-refractivity contribution is 1.09. The molecule has 4 rings (SSSR count). The summed E-state index contributed by atoms with van der Waals surface area (Å²) >= 11 is 1.41. The largest absolute Gasteiger partial charge is 0.368 e. The Hall–Kier alpha value is -4.19. The van der Waals surface area contributed by atoms with Crippen LogP contribution in [0.2, 0.25) is 0 Å². The topological polar surface area (TPSA) is 194 Å². The Balaban J connectivity index is 1.52. The van der Waals surface area contributed by atoms with E-state index in [0.717, 1.165) is 21.0 Å². The highest BCUT2D eigenvalue weighted by atomic mass is 32.1. The van der Waals surface area contributed by atoms with Crippen LogP contribution >= 0.6 is 11.3 Å². The van der Waals surface area contributed by atoms with E-state index in [0.29, 0.717) is 11.6 Å². The maximum Gasteiger partial charge on any atom is 0.225 e. The Labute approximate surface area is 168 Å². The van der Waals surface area contributed by atoms with Crippen LogP contribution in [-0.2, 0) is 0 Å². The quantitative estimate of drug-likeness (QED) is 0.361. The molecule has 0 aliphatic rings. The lowest BCUT2D eigenvalue weighted by atomic mass is 10.1. The number of hydrogen-bond acceptors (Lipinski definition) is 12. The van der Waals surface area contributed by atoms with Crippen LogP contribution in [0.5, 0.6) is 0 Å². The van der Waals surface area contributed by atoms with Crippen molar-refractivity contribution in [1.82, 2.24) is 29.9 Å². The van der Waals surface area contributed by atoms with Gasteiger partial charge in [0.15, 0.2) is 11.6 Å². The highest BCUT2D eigenvalue weighted by Crippen LogP contribution is 2.31. The van der Waals surface area contributed by atoms with Gasteiger partial charge in [-0.25, -0.2) is 4.99 Å². The summed E-state index contributed by atoms with van der Waals surface area (Å²) in [5, 5.41) is 0.777. The van der Waals surface area contributed by atoms with Crippen LogP contribution in [0, 0.1) is 0 Å². The minimum atomic E-state index is 0.0766. The van der Waals surface area contributed by atoms with Gasteiger partial charge in [0.05, 0.1) is 4.88 Å². The molecule has 0 unspecified atom stereocenters. The summed E-state index contributed by atoms with van der Waals surface area (Å²) in [5.74, 6) is 1.14. The van der Waals surface area contributed by atoms with Gasteiger partial charge in [-0.1, -0.05) is 24.3 Å². The zero-order chi connectivity index (χ0) is 20.4. The van der Waals surface area contributed by atoms with Gasteiger partial charge in [0.25, 0.3) is 0 Å². The molecule has 8 N–H and O–H groups in total. The van der Waals surface area contributed by atoms with E-state index in [2.05, 4.69) is 34.9 Å². The second kappa shape index (κ2) is 7.44. The van der Waals surface area contributed by atoms with E-state index in [1.54, 1.807) is 6.21 Å². The minimum absolute atomic E-state index is 0.0766. The number of nitrogen functional groups attached to an aromatic ring is 4. The second-order valence-corrected chi connectivity index (χ2v) is 6.83. The summed E-state index contributed by atoms with van der Waals surface area (Å²) in [6.07, 6.45) is 1.74. The third kappa shape index (κ3) is 4.22. The van der Waals surface area contributed by atoms with E-state index in [-0.39, 0.29) is 23.8 Å². The first kappa shape index (κ1) is 18.2. The molecule has 144 valence electrons. The van der Waals surface area contributed by atoms with Crippen molar-refractivity contribution in [3.63, 3.8) is 0 Å². The summed E-state index contributed by atoms with van der Waals surface area (Å²) in [4.78, 5) is 29.1.